The lowest BCUT2D eigenvalue weighted by molar-refractivity contribution is 0.0463. The van der Waals surface area contributed by atoms with Gasteiger partial charge < -0.3 is 19.2 Å². The molecular formula is C15H24N2O5. The largest absolute Gasteiger partial charge is 0.461 e. The van der Waals surface area contributed by atoms with E-state index in [0.29, 0.717) is 0 Å². The summed E-state index contributed by atoms with van der Waals surface area (Å²) in [4.78, 5) is 27.7. The molecular weight excluding hydrogens is 288 g/mol. The van der Waals surface area contributed by atoms with Gasteiger partial charge in [0.1, 0.15) is 5.60 Å². The third-order valence-electron chi connectivity index (χ3n) is 2.69. The summed E-state index contributed by atoms with van der Waals surface area (Å²) in [5.74, 6) is -0.351. The maximum absolute atomic E-state index is 12.0. The number of alkyl carbamates (subject to hydrolysis) is 1. The van der Waals surface area contributed by atoms with Gasteiger partial charge in [-0.3, -0.25) is 0 Å². The number of amides is 1. The molecule has 0 aromatic carbocycles. The molecule has 0 aliphatic rings. The van der Waals surface area contributed by atoms with E-state index in [2.05, 4.69) is 10.3 Å². The van der Waals surface area contributed by atoms with Crippen molar-refractivity contribution < 1.29 is 23.5 Å². The lowest BCUT2D eigenvalue weighted by Gasteiger charge is -2.24. The van der Waals surface area contributed by atoms with E-state index in [0.717, 1.165) is 6.39 Å². The van der Waals surface area contributed by atoms with E-state index in [9.17, 15) is 9.59 Å². The standard InChI is InChI=1S/C15H24N2O5/c1-7-20-13(18)11-12(21-8-16-11)10(9(2)3)17-14(19)22-15(4,5)6/h8-10H,7H2,1-6H3,(H,17,19)/t10-/m0/s1. The maximum Gasteiger partial charge on any atom is 0.408 e. The highest BCUT2D eigenvalue weighted by Crippen LogP contribution is 2.25. The van der Waals surface area contributed by atoms with Gasteiger partial charge >= 0.3 is 12.1 Å². The Morgan fingerprint density at radius 2 is 2.00 bits per heavy atom. The monoisotopic (exact) mass is 312 g/mol. The van der Waals surface area contributed by atoms with Gasteiger partial charge in [0.05, 0.1) is 12.6 Å². The zero-order chi connectivity index (χ0) is 16.9. The Labute approximate surface area is 130 Å². The fourth-order valence-electron chi connectivity index (χ4n) is 1.80. The molecule has 1 amide bonds. The lowest BCUT2D eigenvalue weighted by Crippen LogP contribution is -2.37. The van der Waals surface area contributed by atoms with E-state index in [1.54, 1.807) is 27.7 Å². The van der Waals surface area contributed by atoms with Crippen molar-refractivity contribution in [3.63, 3.8) is 0 Å². The van der Waals surface area contributed by atoms with Crippen molar-refractivity contribution in [2.75, 3.05) is 6.61 Å². The maximum atomic E-state index is 12.0. The molecule has 1 atom stereocenters. The lowest BCUT2D eigenvalue weighted by atomic mass is 10.0. The highest BCUT2D eigenvalue weighted by atomic mass is 16.6. The Bertz CT molecular complexity index is 516. The average molecular weight is 312 g/mol. The average Bonchev–Trinajstić information content (AvgIpc) is 2.82. The van der Waals surface area contributed by atoms with E-state index in [4.69, 9.17) is 13.9 Å². The van der Waals surface area contributed by atoms with Crippen LogP contribution in [0.15, 0.2) is 10.8 Å². The molecule has 1 heterocycles. The molecule has 1 rings (SSSR count). The molecule has 7 heteroatoms. The Morgan fingerprint density at radius 3 is 2.50 bits per heavy atom. The van der Waals surface area contributed by atoms with Gasteiger partial charge in [0, 0.05) is 0 Å². The van der Waals surface area contributed by atoms with Gasteiger partial charge in [0.25, 0.3) is 0 Å². The molecule has 0 radical (unpaired) electrons. The molecule has 1 N–H and O–H groups in total. The highest BCUT2D eigenvalue weighted by Gasteiger charge is 2.30. The molecule has 0 bridgehead atoms. The molecule has 7 nitrogen and oxygen atoms in total. The summed E-state index contributed by atoms with van der Waals surface area (Å²) in [6, 6.07) is -0.545. The van der Waals surface area contributed by atoms with Crippen molar-refractivity contribution in [2.24, 2.45) is 5.92 Å². The van der Waals surface area contributed by atoms with Crippen LogP contribution in [0.5, 0.6) is 0 Å². The SMILES string of the molecule is CCOC(=O)c1ncoc1[C@@H](NC(=O)OC(C)(C)C)C(C)C. The summed E-state index contributed by atoms with van der Waals surface area (Å²) in [5, 5.41) is 2.71. The minimum atomic E-state index is -0.614. The number of hydrogen-bond donors (Lipinski definition) is 1. The summed E-state index contributed by atoms with van der Waals surface area (Å²) >= 11 is 0. The molecule has 0 saturated heterocycles. The van der Waals surface area contributed by atoms with Crippen molar-refractivity contribution >= 4 is 12.1 Å². The van der Waals surface area contributed by atoms with Gasteiger partial charge in [-0.05, 0) is 33.6 Å². The van der Waals surface area contributed by atoms with E-state index < -0.39 is 23.7 Å². The number of esters is 1. The minimum absolute atomic E-state index is 0.0337. The Morgan fingerprint density at radius 1 is 1.36 bits per heavy atom. The predicted octanol–water partition coefficient (Wildman–Crippen LogP) is 3.07. The van der Waals surface area contributed by atoms with Crippen molar-refractivity contribution in [2.45, 2.75) is 53.2 Å². The van der Waals surface area contributed by atoms with Crippen LogP contribution in [0.2, 0.25) is 0 Å². The molecule has 1 aromatic heterocycles. The van der Waals surface area contributed by atoms with Crippen molar-refractivity contribution in [1.29, 1.82) is 0 Å². The van der Waals surface area contributed by atoms with Crippen LogP contribution in [0.4, 0.5) is 4.79 Å². The first-order chi connectivity index (χ1) is 10.2. The third-order valence-corrected chi connectivity index (χ3v) is 2.69. The van der Waals surface area contributed by atoms with E-state index in [-0.39, 0.29) is 24.0 Å². The van der Waals surface area contributed by atoms with Crippen molar-refractivity contribution in [1.82, 2.24) is 10.3 Å². The van der Waals surface area contributed by atoms with Crippen molar-refractivity contribution in [3.05, 3.63) is 17.8 Å². The van der Waals surface area contributed by atoms with Crippen LogP contribution in [0.25, 0.3) is 0 Å². The molecule has 1 aromatic rings. The summed E-state index contributed by atoms with van der Waals surface area (Å²) < 4.78 is 15.5. The first-order valence-corrected chi connectivity index (χ1v) is 7.25. The summed E-state index contributed by atoms with van der Waals surface area (Å²) in [5.41, 5.74) is -0.548. The Balaban J connectivity index is 2.95. The molecule has 0 aliphatic heterocycles. The summed E-state index contributed by atoms with van der Waals surface area (Å²) in [6.07, 6.45) is 0.575. The molecule has 0 aliphatic carbocycles. The van der Waals surface area contributed by atoms with Crippen LogP contribution >= 0.6 is 0 Å². The smallest absolute Gasteiger partial charge is 0.408 e. The number of ether oxygens (including phenoxy) is 2. The topological polar surface area (TPSA) is 90.7 Å². The molecule has 0 fully saturated rings. The van der Waals surface area contributed by atoms with Crippen molar-refractivity contribution in [3.8, 4) is 0 Å². The number of nitrogens with one attached hydrogen (secondary N) is 1. The first-order valence-electron chi connectivity index (χ1n) is 7.25. The fraction of sp³-hybridized carbons (Fsp3) is 0.667. The van der Waals surface area contributed by atoms with Gasteiger partial charge in [0.15, 0.2) is 17.8 Å². The summed E-state index contributed by atoms with van der Waals surface area (Å²) in [7, 11) is 0. The van der Waals surface area contributed by atoms with E-state index in [1.165, 1.54) is 0 Å². The predicted molar refractivity (Wildman–Crippen MR) is 79.4 cm³/mol. The Hall–Kier alpha value is -2.05. The van der Waals surface area contributed by atoms with Crippen LogP contribution in [0, 0.1) is 5.92 Å². The van der Waals surface area contributed by atoms with Gasteiger partial charge in [-0.15, -0.1) is 0 Å². The van der Waals surface area contributed by atoms with E-state index >= 15 is 0 Å². The number of carbonyl (C=O) groups excluding carboxylic acids is 2. The van der Waals surface area contributed by atoms with Gasteiger partial charge in [-0.1, -0.05) is 13.8 Å². The Kier molecular flexibility index (Phi) is 5.96. The zero-order valence-corrected chi connectivity index (χ0v) is 13.9. The number of nitrogens with zero attached hydrogens (tertiary/aromatic N) is 1. The van der Waals surface area contributed by atoms with Crippen LogP contribution in [-0.4, -0.2) is 29.3 Å². The number of carbonyl (C=O) groups is 2. The van der Waals surface area contributed by atoms with Crippen LogP contribution < -0.4 is 5.32 Å². The number of oxazole rings is 1. The molecule has 0 spiro atoms. The zero-order valence-electron chi connectivity index (χ0n) is 13.9. The number of hydrogen-bond acceptors (Lipinski definition) is 6. The number of aromatic nitrogens is 1. The molecule has 0 unspecified atom stereocenters. The normalized spacial score (nSPS) is 12.9. The highest BCUT2D eigenvalue weighted by molar-refractivity contribution is 5.88. The second kappa shape index (κ2) is 7.29. The fourth-order valence-corrected chi connectivity index (χ4v) is 1.80. The quantitative estimate of drug-likeness (QED) is 0.840. The van der Waals surface area contributed by atoms with Gasteiger partial charge in [-0.2, -0.15) is 0 Å². The minimum Gasteiger partial charge on any atom is -0.461 e. The van der Waals surface area contributed by atoms with Crippen LogP contribution in [0.1, 0.15) is 63.8 Å². The van der Waals surface area contributed by atoms with Gasteiger partial charge in [0.2, 0.25) is 0 Å². The van der Waals surface area contributed by atoms with Crippen LogP contribution in [0.3, 0.4) is 0 Å². The second-order valence-corrected chi connectivity index (χ2v) is 6.15. The first kappa shape index (κ1) is 18.0. The van der Waals surface area contributed by atoms with Gasteiger partial charge in [-0.25, -0.2) is 14.6 Å². The second-order valence-electron chi connectivity index (χ2n) is 6.15. The van der Waals surface area contributed by atoms with E-state index in [1.807, 2.05) is 13.8 Å². The molecule has 22 heavy (non-hydrogen) atoms. The third kappa shape index (κ3) is 5.05. The number of rotatable bonds is 5. The molecule has 124 valence electrons. The van der Waals surface area contributed by atoms with Crippen LogP contribution in [-0.2, 0) is 9.47 Å². The summed E-state index contributed by atoms with van der Waals surface area (Å²) in [6.45, 7) is 11.0. The molecule has 0 saturated carbocycles.